The second kappa shape index (κ2) is 9.45. The van der Waals surface area contributed by atoms with Crippen LogP contribution in [0.1, 0.15) is 82.2 Å². The van der Waals surface area contributed by atoms with Gasteiger partial charge in [0, 0.05) is 12.1 Å². The van der Waals surface area contributed by atoms with E-state index < -0.39 is 29.4 Å². The van der Waals surface area contributed by atoms with Crippen LogP contribution in [0.15, 0.2) is 18.2 Å². The van der Waals surface area contributed by atoms with Crippen LogP contribution in [0.5, 0.6) is 11.5 Å². The number of fused-ring (bicyclic) bond motifs is 1. The first-order valence-electron chi connectivity index (χ1n) is 13.1. The number of imide groups is 1. The molecule has 0 spiro atoms. The molecule has 190 valence electrons. The van der Waals surface area contributed by atoms with Crippen molar-refractivity contribution in [2.75, 3.05) is 7.11 Å². The number of methoxy groups -OCH3 is 1. The molecule has 4 unspecified atom stereocenters. The number of rotatable bonds is 6. The van der Waals surface area contributed by atoms with Crippen molar-refractivity contribution in [3.63, 3.8) is 0 Å². The summed E-state index contributed by atoms with van der Waals surface area (Å²) in [7, 11) is 1.45. The van der Waals surface area contributed by atoms with Gasteiger partial charge in [-0.2, -0.15) is 0 Å². The summed E-state index contributed by atoms with van der Waals surface area (Å²) in [6.07, 6.45) is 10.1. The summed E-state index contributed by atoms with van der Waals surface area (Å²) in [4.78, 5) is 42.3. The van der Waals surface area contributed by atoms with Crippen LogP contribution in [0, 0.1) is 17.8 Å². The lowest BCUT2D eigenvalue weighted by molar-refractivity contribution is -0.153. The van der Waals surface area contributed by atoms with E-state index in [1.807, 2.05) is 0 Å². The summed E-state index contributed by atoms with van der Waals surface area (Å²) in [5.41, 5.74) is -0.855. The zero-order valence-corrected chi connectivity index (χ0v) is 20.4. The van der Waals surface area contributed by atoms with Crippen molar-refractivity contribution in [2.45, 2.75) is 88.3 Å². The maximum Gasteiger partial charge on any atom is 0.324 e. The lowest BCUT2D eigenvalue weighted by atomic mass is 9.72. The molecule has 2 amide bonds. The lowest BCUT2D eigenvalue weighted by Gasteiger charge is -2.37. The van der Waals surface area contributed by atoms with E-state index in [4.69, 9.17) is 4.74 Å². The third-order valence-corrected chi connectivity index (χ3v) is 8.91. The Morgan fingerprint density at radius 3 is 2.34 bits per heavy atom. The monoisotopic (exact) mass is 484 g/mol. The van der Waals surface area contributed by atoms with Crippen LogP contribution in [0.25, 0.3) is 0 Å². The van der Waals surface area contributed by atoms with Gasteiger partial charge in [-0.05, 0) is 42.9 Å². The van der Waals surface area contributed by atoms with E-state index in [-0.39, 0.29) is 35.3 Å². The molecule has 2 heterocycles. The number of aliphatic carboxylic acids is 1. The van der Waals surface area contributed by atoms with Crippen LogP contribution >= 0.6 is 0 Å². The quantitative estimate of drug-likeness (QED) is 0.526. The van der Waals surface area contributed by atoms with Gasteiger partial charge in [-0.25, -0.2) is 0 Å². The molecule has 8 nitrogen and oxygen atoms in total. The highest BCUT2D eigenvalue weighted by Gasteiger charge is 2.69. The van der Waals surface area contributed by atoms with Crippen LogP contribution in [-0.2, 0) is 14.4 Å². The summed E-state index contributed by atoms with van der Waals surface area (Å²) >= 11 is 0. The second-order valence-electron chi connectivity index (χ2n) is 10.9. The number of aromatic hydroxyl groups is 1. The summed E-state index contributed by atoms with van der Waals surface area (Å²) in [6.45, 7) is 0. The van der Waals surface area contributed by atoms with Crippen molar-refractivity contribution in [3.05, 3.63) is 23.8 Å². The highest BCUT2D eigenvalue weighted by molar-refractivity contribution is 6.09. The topological polar surface area (TPSA) is 116 Å². The molecular weight excluding hydrogens is 448 g/mol. The second-order valence-corrected chi connectivity index (χ2v) is 10.9. The van der Waals surface area contributed by atoms with Crippen molar-refractivity contribution >= 4 is 17.8 Å². The molecule has 2 aliphatic carbocycles. The van der Waals surface area contributed by atoms with Gasteiger partial charge in [-0.15, -0.1) is 0 Å². The smallest absolute Gasteiger partial charge is 0.324 e. The van der Waals surface area contributed by atoms with Crippen molar-refractivity contribution in [2.24, 2.45) is 17.8 Å². The molecule has 2 saturated carbocycles. The largest absolute Gasteiger partial charge is 0.504 e. The van der Waals surface area contributed by atoms with Crippen LogP contribution in [-0.4, -0.2) is 51.6 Å². The summed E-state index contributed by atoms with van der Waals surface area (Å²) in [5.74, 6) is -2.96. The van der Waals surface area contributed by atoms with Crippen LogP contribution in [0.3, 0.4) is 0 Å². The molecule has 1 aromatic rings. The zero-order chi connectivity index (χ0) is 24.7. The minimum Gasteiger partial charge on any atom is -0.504 e. The van der Waals surface area contributed by atoms with Gasteiger partial charge in [0.25, 0.3) is 0 Å². The number of nitrogens with zero attached hydrogens (tertiary/aromatic N) is 1. The fourth-order valence-electron chi connectivity index (χ4n) is 7.22. The number of carboxylic acid groups (broad SMARTS) is 1. The molecule has 4 fully saturated rings. The first-order chi connectivity index (χ1) is 16.9. The molecule has 2 aliphatic heterocycles. The molecular formula is C27H36N2O6. The van der Waals surface area contributed by atoms with Gasteiger partial charge >= 0.3 is 5.97 Å². The van der Waals surface area contributed by atoms with Crippen molar-refractivity contribution in [1.82, 2.24) is 10.2 Å². The minimum atomic E-state index is -1.50. The molecule has 1 aromatic carbocycles. The van der Waals surface area contributed by atoms with Gasteiger partial charge in [-0.1, -0.05) is 57.4 Å². The van der Waals surface area contributed by atoms with E-state index in [1.165, 1.54) is 18.1 Å². The predicted octanol–water partition coefficient (Wildman–Crippen LogP) is 3.77. The molecule has 0 aromatic heterocycles. The number of phenols is 1. The fraction of sp³-hybridized carbons (Fsp3) is 0.667. The van der Waals surface area contributed by atoms with Gasteiger partial charge in [0.1, 0.15) is 5.54 Å². The third kappa shape index (κ3) is 3.99. The standard InChI is InChI=1S/C27H36N2O6/c1-35-20-14-17(12-13-19(20)30)23-21-22(25(32)29(24(21)31)18-10-6-3-7-11-18)27(28-23,26(33)34)15-16-8-4-2-5-9-16/h12-14,16,18,21-23,28,30H,2-11,15H2,1H3,(H,33,34). The average Bonchev–Trinajstić information content (AvgIpc) is 3.34. The molecule has 4 aliphatic rings. The van der Waals surface area contributed by atoms with Crippen molar-refractivity contribution < 1.29 is 29.3 Å². The van der Waals surface area contributed by atoms with Crippen molar-refractivity contribution in [1.29, 1.82) is 0 Å². The van der Waals surface area contributed by atoms with Crippen LogP contribution in [0.2, 0.25) is 0 Å². The number of carbonyl (C=O) groups is 3. The number of amides is 2. The van der Waals surface area contributed by atoms with Gasteiger partial charge in [0.2, 0.25) is 11.8 Å². The average molecular weight is 485 g/mol. The number of ether oxygens (including phenoxy) is 1. The van der Waals surface area contributed by atoms with Crippen LogP contribution in [0.4, 0.5) is 0 Å². The SMILES string of the molecule is COc1cc(C2NC(CC3CCCCC3)(C(=O)O)C3C(=O)N(C4CCCCC4)C(=O)C23)ccc1O. The van der Waals surface area contributed by atoms with E-state index in [0.29, 0.717) is 12.0 Å². The Hall–Kier alpha value is -2.61. The molecule has 0 radical (unpaired) electrons. The highest BCUT2D eigenvalue weighted by atomic mass is 16.5. The summed E-state index contributed by atoms with van der Waals surface area (Å²) in [6, 6.07) is 4.02. The normalized spacial score (nSPS) is 32.1. The minimum absolute atomic E-state index is 0.0323. The van der Waals surface area contributed by atoms with E-state index in [2.05, 4.69) is 5.32 Å². The summed E-state index contributed by atoms with van der Waals surface area (Å²) in [5, 5.41) is 24.1. The van der Waals surface area contributed by atoms with Gasteiger partial charge in [-0.3, -0.25) is 24.6 Å². The van der Waals surface area contributed by atoms with E-state index in [1.54, 1.807) is 12.1 Å². The Labute approximate surface area is 206 Å². The number of likely N-dealkylation sites (tertiary alicyclic amines) is 1. The van der Waals surface area contributed by atoms with Gasteiger partial charge in [0.05, 0.1) is 18.9 Å². The first-order valence-corrected chi connectivity index (χ1v) is 13.1. The van der Waals surface area contributed by atoms with E-state index >= 15 is 0 Å². The Kier molecular flexibility index (Phi) is 6.51. The van der Waals surface area contributed by atoms with Crippen LogP contribution < -0.4 is 10.1 Å². The van der Waals surface area contributed by atoms with Crippen molar-refractivity contribution in [3.8, 4) is 11.5 Å². The maximum absolute atomic E-state index is 13.9. The highest BCUT2D eigenvalue weighted by Crippen LogP contribution is 2.53. The zero-order valence-electron chi connectivity index (χ0n) is 20.4. The molecule has 5 rings (SSSR count). The number of carboxylic acids is 1. The molecule has 35 heavy (non-hydrogen) atoms. The third-order valence-electron chi connectivity index (χ3n) is 8.91. The Balaban J connectivity index is 1.58. The fourth-order valence-corrected chi connectivity index (χ4v) is 7.22. The number of benzene rings is 1. The molecule has 2 saturated heterocycles. The van der Waals surface area contributed by atoms with E-state index in [0.717, 1.165) is 64.2 Å². The molecule has 3 N–H and O–H groups in total. The Morgan fingerprint density at radius 1 is 1.06 bits per heavy atom. The van der Waals surface area contributed by atoms with Gasteiger partial charge < -0.3 is 14.9 Å². The number of nitrogens with one attached hydrogen (secondary N) is 1. The number of hydrogen-bond acceptors (Lipinski definition) is 6. The summed E-state index contributed by atoms with van der Waals surface area (Å²) < 4.78 is 5.29. The molecule has 0 bridgehead atoms. The predicted molar refractivity (Wildman–Crippen MR) is 128 cm³/mol. The lowest BCUT2D eigenvalue weighted by Crippen LogP contribution is -2.57. The number of phenolic OH excluding ortho intramolecular Hbond substituents is 1. The van der Waals surface area contributed by atoms with Gasteiger partial charge in [0.15, 0.2) is 11.5 Å². The number of carbonyl (C=O) groups excluding carboxylic acids is 2. The molecule has 4 atom stereocenters. The number of hydrogen-bond donors (Lipinski definition) is 3. The maximum atomic E-state index is 13.9. The molecule has 8 heteroatoms. The first kappa shape index (κ1) is 24.1. The Morgan fingerprint density at radius 2 is 1.71 bits per heavy atom. The van der Waals surface area contributed by atoms with E-state index in [9.17, 15) is 24.6 Å². The Bertz CT molecular complexity index is 999.